The highest BCUT2D eigenvalue weighted by Gasteiger charge is 2.30. The molecule has 4 nitrogen and oxygen atoms in total. The molecule has 0 unspecified atom stereocenters. The van der Waals surface area contributed by atoms with Gasteiger partial charge >= 0.3 is 0 Å². The summed E-state index contributed by atoms with van der Waals surface area (Å²) in [6.45, 7) is 4.36. The Kier molecular flexibility index (Phi) is 8.39. The summed E-state index contributed by atoms with van der Waals surface area (Å²) in [5.41, 5.74) is 2.91. The minimum absolute atomic E-state index is 0.0652. The quantitative estimate of drug-likeness (QED) is 0.548. The van der Waals surface area contributed by atoms with Gasteiger partial charge in [0.2, 0.25) is 11.8 Å². The molecule has 2 aromatic rings. The Hall–Kier alpha value is -2.04. The lowest BCUT2D eigenvalue weighted by atomic mass is 10.1. The van der Waals surface area contributed by atoms with Crippen LogP contribution in [-0.2, 0) is 22.6 Å². The van der Waals surface area contributed by atoms with E-state index in [-0.39, 0.29) is 24.3 Å². The molecule has 0 saturated heterocycles. The van der Waals surface area contributed by atoms with E-state index in [9.17, 15) is 9.59 Å². The molecule has 1 saturated carbocycles. The van der Waals surface area contributed by atoms with Gasteiger partial charge in [0.1, 0.15) is 6.04 Å². The molecular weight excluding hydrogens is 431 g/mol. The molecular formula is C25H30Cl2N2O2. The van der Waals surface area contributed by atoms with E-state index in [1.807, 2.05) is 32.0 Å². The number of amides is 2. The molecule has 166 valence electrons. The Bertz CT molecular complexity index is 925. The Morgan fingerprint density at radius 1 is 1.06 bits per heavy atom. The monoisotopic (exact) mass is 460 g/mol. The van der Waals surface area contributed by atoms with Crippen molar-refractivity contribution in [3.63, 3.8) is 0 Å². The first-order chi connectivity index (χ1) is 14.9. The molecule has 0 spiro atoms. The number of hydrogen-bond acceptors (Lipinski definition) is 2. The van der Waals surface area contributed by atoms with Crippen molar-refractivity contribution in [1.29, 1.82) is 0 Å². The van der Waals surface area contributed by atoms with Gasteiger partial charge in [0.05, 0.1) is 16.5 Å². The molecule has 1 fully saturated rings. The third-order valence-corrected chi connectivity index (χ3v) is 6.60. The van der Waals surface area contributed by atoms with Crippen LogP contribution in [-0.4, -0.2) is 28.8 Å². The molecule has 3 rings (SSSR count). The highest BCUT2D eigenvalue weighted by Crippen LogP contribution is 2.24. The maximum Gasteiger partial charge on any atom is 0.243 e. The van der Waals surface area contributed by atoms with E-state index >= 15 is 0 Å². The normalized spacial score (nSPS) is 15.0. The van der Waals surface area contributed by atoms with Crippen molar-refractivity contribution in [3.05, 3.63) is 69.2 Å². The van der Waals surface area contributed by atoms with Crippen LogP contribution >= 0.6 is 23.2 Å². The first kappa shape index (κ1) is 23.6. The van der Waals surface area contributed by atoms with Gasteiger partial charge in [-0.25, -0.2) is 0 Å². The summed E-state index contributed by atoms with van der Waals surface area (Å²) in [6, 6.07) is 13.0. The van der Waals surface area contributed by atoms with E-state index in [4.69, 9.17) is 23.2 Å². The van der Waals surface area contributed by atoms with Gasteiger partial charge in [-0.3, -0.25) is 9.59 Å². The number of carbonyl (C=O) groups excluding carboxylic acids is 2. The summed E-state index contributed by atoms with van der Waals surface area (Å²) in [6.07, 6.45) is 5.03. The molecule has 1 aliphatic carbocycles. The zero-order valence-corrected chi connectivity index (χ0v) is 19.7. The van der Waals surface area contributed by atoms with E-state index < -0.39 is 6.04 Å². The number of aryl methyl sites for hydroxylation is 1. The number of nitrogens with one attached hydrogen (secondary N) is 1. The lowest BCUT2D eigenvalue weighted by molar-refractivity contribution is -0.141. The van der Waals surface area contributed by atoms with E-state index in [0.717, 1.165) is 42.4 Å². The fourth-order valence-corrected chi connectivity index (χ4v) is 4.54. The second-order valence-corrected chi connectivity index (χ2v) is 9.16. The minimum atomic E-state index is -0.517. The fourth-order valence-electron chi connectivity index (χ4n) is 4.22. The van der Waals surface area contributed by atoms with Crippen LogP contribution in [0, 0.1) is 6.92 Å². The number of rotatable bonds is 8. The van der Waals surface area contributed by atoms with Gasteiger partial charge in [0.15, 0.2) is 0 Å². The van der Waals surface area contributed by atoms with Gasteiger partial charge in [-0.05, 0) is 49.4 Å². The van der Waals surface area contributed by atoms with Crippen LogP contribution in [0.4, 0.5) is 0 Å². The van der Waals surface area contributed by atoms with Gasteiger partial charge in [-0.15, -0.1) is 0 Å². The Balaban J connectivity index is 1.83. The molecule has 0 radical (unpaired) electrons. The van der Waals surface area contributed by atoms with Gasteiger partial charge < -0.3 is 10.2 Å². The van der Waals surface area contributed by atoms with Crippen LogP contribution in [0.3, 0.4) is 0 Å². The van der Waals surface area contributed by atoms with Crippen molar-refractivity contribution in [2.75, 3.05) is 0 Å². The predicted octanol–water partition coefficient (Wildman–Crippen LogP) is 5.71. The number of nitrogens with zero attached hydrogens (tertiary/aromatic N) is 1. The molecule has 1 aliphatic rings. The standard InChI is InChI=1S/C25H30Cl2N2O2/c1-3-23(25(31)28-20-9-4-5-10-20)29(16-19-8-6-7-17(2)13-19)24(30)15-18-11-12-21(26)22(27)14-18/h6-8,11-14,20,23H,3-5,9-10,15-16H2,1-2H3,(H,28,31)/t23-/m0/s1. The molecule has 1 N–H and O–H groups in total. The molecule has 1 atom stereocenters. The second kappa shape index (κ2) is 11.0. The van der Waals surface area contributed by atoms with Gasteiger partial charge in [0, 0.05) is 12.6 Å². The molecule has 0 aromatic heterocycles. The molecule has 0 bridgehead atoms. The highest BCUT2D eigenvalue weighted by atomic mass is 35.5. The number of halogens is 2. The van der Waals surface area contributed by atoms with Crippen molar-refractivity contribution in [1.82, 2.24) is 10.2 Å². The first-order valence-electron chi connectivity index (χ1n) is 11.0. The van der Waals surface area contributed by atoms with Crippen molar-refractivity contribution in [2.24, 2.45) is 0 Å². The Morgan fingerprint density at radius 2 is 1.81 bits per heavy atom. The maximum atomic E-state index is 13.4. The van der Waals surface area contributed by atoms with Gasteiger partial charge in [0.25, 0.3) is 0 Å². The number of benzene rings is 2. The smallest absolute Gasteiger partial charge is 0.243 e. The zero-order valence-electron chi connectivity index (χ0n) is 18.2. The van der Waals surface area contributed by atoms with Crippen LogP contribution < -0.4 is 5.32 Å². The van der Waals surface area contributed by atoms with Gasteiger partial charge in [-0.1, -0.05) is 78.9 Å². The summed E-state index contributed by atoms with van der Waals surface area (Å²) in [7, 11) is 0. The summed E-state index contributed by atoms with van der Waals surface area (Å²) < 4.78 is 0. The molecule has 0 aliphatic heterocycles. The van der Waals surface area contributed by atoms with E-state index in [0.29, 0.717) is 23.0 Å². The van der Waals surface area contributed by atoms with E-state index in [1.54, 1.807) is 23.1 Å². The SMILES string of the molecule is CC[C@@H](C(=O)NC1CCCC1)N(Cc1cccc(C)c1)C(=O)Cc1ccc(Cl)c(Cl)c1. The average Bonchev–Trinajstić information content (AvgIpc) is 3.23. The topological polar surface area (TPSA) is 49.4 Å². The molecule has 6 heteroatoms. The van der Waals surface area contributed by atoms with Crippen LogP contribution in [0.15, 0.2) is 42.5 Å². The second-order valence-electron chi connectivity index (χ2n) is 8.35. The molecule has 2 amide bonds. The molecule has 31 heavy (non-hydrogen) atoms. The maximum absolute atomic E-state index is 13.4. The van der Waals surface area contributed by atoms with E-state index in [2.05, 4.69) is 11.4 Å². The molecule has 0 heterocycles. The summed E-state index contributed by atoms with van der Waals surface area (Å²) >= 11 is 12.2. The fraction of sp³-hybridized carbons (Fsp3) is 0.440. The lowest BCUT2D eigenvalue weighted by Crippen LogP contribution is -2.51. The average molecular weight is 461 g/mol. The molecule has 2 aromatic carbocycles. The van der Waals surface area contributed by atoms with Crippen molar-refractivity contribution in [2.45, 2.75) is 71.0 Å². The lowest BCUT2D eigenvalue weighted by Gasteiger charge is -2.31. The number of carbonyl (C=O) groups is 2. The van der Waals surface area contributed by atoms with E-state index in [1.165, 1.54) is 0 Å². The van der Waals surface area contributed by atoms with Crippen LogP contribution in [0.1, 0.15) is 55.7 Å². The Labute approximate surface area is 194 Å². The van der Waals surface area contributed by atoms with Crippen molar-refractivity contribution >= 4 is 35.0 Å². The largest absolute Gasteiger partial charge is 0.352 e. The highest BCUT2D eigenvalue weighted by molar-refractivity contribution is 6.42. The van der Waals surface area contributed by atoms with Crippen LogP contribution in [0.5, 0.6) is 0 Å². The van der Waals surface area contributed by atoms with Gasteiger partial charge in [-0.2, -0.15) is 0 Å². The predicted molar refractivity (Wildman–Crippen MR) is 126 cm³/mol. The Morgan fingerprint density at radius 3 is 2.45 bits per heavy atom. The van der Waals surface area contributed by atoms with Crippen LogP contribution in [0.25, 0.3) is 0 Å². The first-order valence-corrected chi connectivity index (χ1v) is 11.7. The van der Waals surface area contributed by atoms with Crippen molar-refractivity contribution in [3.8, 4) is 0 Å². The zero-order chi connectivity index (χ0) is 22.4. The third-order valence-electron chi connectivity index (χ3n) is 5.86. The third kappa shape index (κ3) is 6.47. The minimum Gasteiger partial charge on any atom is -0.352 e. The summed E-state index contributed by atoms with van der Waals surface area (Å²) in [5, 5.41) is 4.05. The summed E-state index contributed by atoms with van der Waals surface area (Å²) in [5.74, 6) is -0.169. The van der Waals surface area contributed by atoms with Crippen LogP contribution in [0.2, 0.25) is 10.0 Å². The van der Waals surface area contributed by atoms with Crippen molar-refractivity contribution < 1.29 is 9.59 Å². The summed E-state index contributed by atoms with van der Waals surface area (Å²) in [4.78, 5) is 28.3. The number of hydrogen-bond donors (Lipinski definition) is 1.